The van der Waals surface area contributed by atoms with Gasteiger partial charge in [0.15, 0.2) is 0 Å². The maximum atomic E-state index is 12.9. The van der Waals surface area contributed by atoms with Crippen molar-refractivity contribution in [3.8, 4) is 5.75 Å². The van der Waals surface area contributed by atoms with Crippen LogP contribution in [0.15, 0.2) is 42.5 Å². The molecule has 0 aromatic heterocycles. The lowest BCUT2D eigenvalue weighted by atomic mass is 10.2. The summed E-state index contributed by atoms with van der Waals surface area (Å²) in [7, 11) is 1.63. The van der Waals surface area contributed by atoms with Crippen molar-refractivity contribution in [1.82, 2.24) is 0 Å². The number of nitrogen functional groups attached to an aromatic ring is 1. The monoisotopic (exact) mass is 246 g/mol. The van der Waals surface area contributed by atoms with Gasteiger partial charge < -0.3 is 15.8 Å². The van der Waals surface area contributed by atoms with E-state index in [4.69, 9.17) is 10.5 Å². The van der Waals surface area contributed by atoms with Crippen LogP contribution < -0.4 is 15.8 Å². The summed E-state index contributed by atoms with van der Waals surface area (Å²) in [6, 6.07) is 12.0. The quantitative estimate of drug-likeness (QED) is 0.815. The van der Waals surface area contributed by atoms with E-state index in [1.807, 2.05) is 24.3 Å². The second-order valence-corrected chi connectivity index (χ2v) is 3.93. The van der Waals surface area contributed by atoms with Crippen molar-refractivity contribution in [1.29, 1.82) is 0 Å². The molecule has 0 saturated carbocycles. The number of benzene rings is 2. The molecule has 0 fully saturated rings. The second kappa shape index (κ2) is 5.40. The van der Waals surface area contributed by atoms with Gasteiger partial charge in [0.1, 0.15) is 11.6 Å². The minimum Gasteiger partial charge on any atom is -0.497 e. The number of rotatable bonds is 4. The molecule has 0 bridgehead atoms. The van der Waals surface area contributed by atoms with Gasteiger partial charge in [-0.3, -0.25) is 0 Å². The van der Waals surface area contributed by atoms with Gasteiger partial charge in [-0.1, -0.05) is 12.1 Å². The Labute approximate surface area is 105 Å². The van der Waals surface area contributed by atoms with Crippen molar-refractivity contribution in [2.45, 2.75) is 6.54 Å². The van der Waals surface area contributed by atoms with Crippen LogP contribution in [0.1, 0.15) is 5.56 Å². The van der Waals surface area contributed by atoms with Crippen LogP contribution in [0, 0.1) is 5.82 Å². The van der Waals surface area contributed by atoms with Crippen molar-refractivity contribution in [2.24, 2.45) is 0 Å². The molecule has 2 aromatic carbocycles. The average molecular weight is 246 g/mol. The van der Waals surface area contributed by atoms with Crippen molar-refractivity contribution in [3.63, 3.8) is 0 Å². The highest BCUT2D eigenvalue weighted by Crippen LogP contribution is 2.20. The van der Waals surface area contributed by atoms with Crippen LogP contribution in [0.25, 0.3) is 0 Å². The fraction of sp³-hybridized carbons (Fsp3) is 0.143. The first-order valence-corrected chi connectivity index (χ1v) is 5.61. The Morgan fingerprint density at radius 2 is 1.89 bits per heavy atom. The summed E-state index contributed by atoms with van der Waals surface area (Å²) >= 11 is 0. The van der Waals surface area contributed by atoms with Gasteiger partial charge in [0.2, 0.25) is 0 Å². The van der Waals surface area contributed by atoms with E-state index in [0.717, 1.165) is 17.0 Å². The molecule has 4 heteroatoms. The molecule has 0 spiro atoms. The third kappa shape index (κ3) is 2.91. The molecule has 0 radical (unpaired) electrons. The fourth-order valence-corrected chi connectivity index (χ4v) is 1.64. The summed E-state index contributed by atoms with van der Waals surface area (Å²) in [6.45, 7) is 0.625. The highest BCUT2D eigenvalue weighted by molar-refractivity contribution is 5.65. The number of methoxy groups -OCH3 is 1. The smallest absolute Gasteiger partial charge is 0.125 e. The van der Waals surface area contributed by atoms with Gasteiger partial charge in [0, 0.05) is 6.54 Å². The zero-order valence-electron chi connectivity index (χ0n) is 10.1. The fourth-order valence-electron chi connectivity index (χ4n) is 1.64. The van der Waals surface area contributed by atoms with Crippen LogP contribution in [-0.2, 0) is 6.54 Å². The van der Waals surface area contributed by atoms with Gasteiger partial charge in [-0.15, -0.1) is 0 Å². The molecule has 3 N–H and O–H groups in total. The number of hydrogen-bond donors (Lipinski definition) is 2. The zero-order chi connectivity index (χ0) is 13.0. The van der Waals surface area contributed by atoms with E-state index in [-0.39, 0.29) is 5.82 Å². The summed E-state index contributed by atoms with van der Waals surface area (Å²) in [6.07, 6.45) is 0. The standard InChI is InChI=1S/C14H15FN2O/c1-18-12-5-2-10(3-6-12)9-17-14-7-4-11(15)8-13(14)16/h2-8,17H,9,16H2,1H3. The molecular formula is C14H15FN2O. The number of ether oxygens (including phenoxy) is 1. The topological polar surface area (TPSA) is 47.3 Å². The highest BCUT2D eigenvalue weighted by Gasteiger charge is 2.00. The van der Waals surface area contributed by atoms with Crippen molar-refractivity contribution < 1.29 is 9.13 Å². The molecule has 18 heavy (non-hydrogen) atoms. The Balaban J connectivity index is 2.02. The first-order valence-electron chi connectivity index (χ1n) is 5.61. The summed E-state index contributed by atoms with van der Waals surface area (Å²) in [5.74, 6) is 0.488. The normalized spacial score (nSPS) is 10.1. The summed E-state index contributed by atoms with van der Waals surface area (Å²) in [5, 5.41) is 3.16. The van der Waals surface area contributed by atoms with E-state index in [1.165, 1.54) is 12.1 Å². The summed E-state index contributed by atoms with van der Waals surface area (Å²) in [5.41, 5.74) is 7.94. The molecule has 0 saturated heterocycles. The van der Waals surface area contributed by atoms with Gasteiger partial charge in [0.05, 0.1) is 18.5 Å². The lowest BCUT2D eigenvalue weighted by Crippen LogP contribution is -2.02. The molecule has 0 aliphatic rings. The minimum absolute atomic E-state index is 0.331. The highest BCUT2D eigenvalue weighted by atomic mass is 19.1. The van der Waals surface area contributed by atoms with Crippen molar-refractivity contribution >= 4 is 11.4 Å². The van der Waals surface area contributed by atoms with Gasteiger partial charge in [-0.2, -0.15) is 0 Å². The minimum atomic E-state index is -0.331. The van der Waals surface area contributed by atoms with E-state index in [1.54, 1.807) is 13.2 Å². The van der Waals surface area contributed by atoms with Crippen molar-refractivity contribution in [3.05, 3.63) is 53.8 Å². The Hall–Kier alpha value is -2.23. The maximum Gasteiger partial charge on any atom is 0.125 e. The summed E-state index contributed by atoms with van der Waals surface area (Å²) < 4.78 is 18.0. The third-order valence-corrected chi connectivity index (χ3v) is 2.66. The van der Waals surface area contributed by atoms with Crippen LogP contribution in [0.2, 0.25) is 0 Å². The zero-order valence-corrected chi connectivity index (χ0v) is 10.1. The predicted molar refractivity (Wildman–Crippen MR) is 71.1 cm³/mol. The Bertz CT molecular complexity index is 526. The average Bonchev–Trinajstić information content (AvgIpc) is 2.38. The van der Waals surface area contributed by atoms with Gasteiger partial charge >= 0.3 is 0 Å². The van der Waals surface area contributed by atoms with Gasteiger partial charge in [-0.25, -0.2) is 4.39 Å². The number of halogens is 1. The first kappa shape index (κ1) is 12.2. The SMILES string of the molecule is COc1ccc(CNc2ccc(F)cc2N)cc1. The molecule has 3 nitrogen and oxygen atoms in total. The van der Waals surface area contributed by atoms with E-state index < -0.39 is 0 Å². The Morgan fingerprint density at radius 3 is 2.50 bits per heavy atom. The van der Waals surface area contributed by atoms with Crippen LogP contribution in [0.5, 0.6) is 5.75 Å². The van der Waals surface area contributed by atoms with Crippen LogP contribution >= 0.6 is 0 Å². The van der Waals surface area contributed by atoms with Crippen LogP contribution in [-0.4, -0.2) is 7.11 Å². The lowest BCUT2D eigenvalue weighted by molar-refractivity contribution is 0.414. The molecule has 0 heterocycles. The lowest BCUT2D eigenvalue weighted by Gasteiger charge is -2.09. The van der Waals surface area contributed by atoms with E-state index in [9.17, 15) is 4.39 Å². The molecule has 94 valence electrons. The van der Waals surface area contributed by atoms with E-state index in [0.29, 0.717) is 12.2 Å². The van der Waals surface area contributed by atoms with E-state index >= 15 is 0 Å². The Kier molecular flexibility index (Phi) is 3.67. The van der Waals surface area contributed by atoms with Crippen LogP contribution in [0.4, 0.5) is 15.8 Å². The molecule has 0 aliphatic heterocycles. The number of nitrogens with two attached hydrogens (primary N) is 1. The predicted octanol–water partition coefficient (Wildman–Crippen LogP) is 3.03. The third-order valence-electron chi connectivity index (χ3n) is 2.66. The number of anilines is 2. The molecule has 0 atom stereocenters. The van der Waals surface area contributed by atoms with Gasteiger partial charge in [-0.05, 0) is 35.9 Å². The van der Waals surface area contributed by atoms with E-state index in [2.05, 4.69) is 5.32 Å². The van der Waals surface area contributed by atoms with Crippen molar-refractivity contribution in [2.75, 3.05) is 18.2 Å². The number of nitrogens with one attached hydrogen (secondary N) is 1. The molecule has 2 aromatic rings. The largest absolute Gasteiger partial charge is 0.497 e. The number of hydrogen-bond acceptors (Lipinski definition) is 3. The maximum absolute atomic E-state index is 12.9. The molecule has 0 aliphatic carbocycles. The first-order chi connectivity index (χ1) is 8.69. The summed E-state index contributed by atoms with van der Waals surface area (Å²) in [4.78, 5) is 0. The molecule has 0 unspecified atom stereocenters. The van der Waals surface area contributed by atoms with Crippen LogP contribution in [0.3, 0.4) is 0 Å². The molecule has 0 amide bonds. The molecular weight excluding hydrogens is 231 g/mol. The Morgan fingerprint density at radius 1 is 1.17 bits per heavy atom. The van der Waals surface area contributed by atoms with Gasteiger partial charge in [0.25, 0.3) is 0 Å². The molecule has 2 rings (SSSR count). The second-order valence-electron chi connectivity index (χ2n) is 3.93.